The zero-order chi connectivity index (χ0) is 23.8. The third-order valence-corrected chi connectivity index (χ3v) is 6.31. The predicted octanol–water partition coefficient (Wildman–Crippen LogP) is 4.64. The summed E-state index contributed by atoms with van der Waals surface area (Å²) in [6.07, 6.45) is 0.270. The summed E-state index contributed by atoms with van der Waals surface area (Å²) in [5.74, 6) is -1.67. The fourth-order valence-electron chi connectivity index (χ4n) is 4.56. The number of nitrogens with two attached hydrogens (primary N) is 1. The summed E-state index contributed by atoms with van der Waals surface area (Å²) in [5.41, 5.74) is 6.46. The molecule has 1 unspecified atom stereocenters. The van der Waals surface area contributed by atoms with Crippen LogP contribution in [0.1, 0.15) is 32.8 Å². The van der Waals surface area contributed by atoms with Crippen molar-refractivity contribution in [1.82, 2.24) is 0 Å². The highest BCUT2D eigenvalue weighted by Crippen LogP contribution is 2.50. The Bertz CT molecular complexity index is 1150. The Morgan fingerprint density at radius 1 is 1.19 bits per heavy atom. The van der Waals surface area contributed by atoms with Gasteiger partial charge in [-0.1, -0.05) is 41.1 Å². The molecule has 0 aromatic heterocycles. The number of benzene rings is 2. The van der Waals surface area contributed by atoms with Gasteiger partial charge in [-0.3, -0.25) is 19.8 Å². The molecule has 0 radical (unpaired) electrons. The molecular formula is C23H22BrN3O5. The molecule has 2 aromatic rings. The number of halogens is 1. The molecule has 1 aliphatic rings. The van der Waals surface area contributed by atoms with Crippen molar-refractivity contribution in [2.75, 3.05) is 4.90 Å². The molecule has 3 N–H and O–H groups in total. The van der Waals surface area contributed by atoms with Crippen LogP contribution in [0.3, 0.4) is 0 Å². The van der Waals surface area contributed by atoms with Crippen LogP contribution in [0, 0.1) is 10.1 Å². The van der Waals surface area contributed by atoms with Crippen molar-refractivity contribution in [3.63, 3.8) is 0 Å². The Hall–Kier alpha value is -3.46. The molecule has 2 aromatic carbocycles. The molecule has 0 amide bonds. The highest BCUT2D eigenvalue weighted by atomic mass is 79.9. The molecule has 32 heavy (non-hydrogen) atoms. The van der Waals surface area contributed by atoms with E-state index >= 15 is 0 Å². The second kappa shape index (κ2) is 8.58. The lowest BCUT2D eigenvalue weighted by Gasteiger charge is -2.44. The number of carboxylic acid groups (broad SMARTS) is 1. The lowest BCUT2D eigenvalue weighted by molar-refractivity contribution is -0.384. The number of carbonyl (C=O) groups excluding carboxylic acids is 1. The first kappa shape index (κ1) is 23.2. The first-order valence-corrected chi connectivity index (χ1v) is 10.6. The van der Waals surface area contributed by atoms with Gasteiger partial charge < -0.3 is 10.8 Å². The molecule has 0 saturated heterocycles. The number of carbonyl (C=O) groups is 2. The zero-order valence-electron chi connectivity index (χ0n) is 17.8. The van der Waals surface area contributed by atoms with Gasteiger partial charge in [-0.2, -0.15) is 0 Å². The maximum atomic E-state index is 13.0. The molecular weight excluding hydrogens is 478 g/mol. The van der Waals surface area contributed by atoms with Crippen LogP contribution in [0.15, 0.2) is 75.7 Å². The number of carboxylic acids is 1. The number of ketones is 1. The monoisotopic (exact) mass is 499 g/mol. The number of rotatable bonds is 6. The summed E-state index contributed by atoms with van der Waals surface area (Å²) >= 11 is 3.38. The number of nitro benzene ring substituents is 1. The Labute approximate surface area is 193 Å². The van der Waals surface area contributed by atoms with E-state index in [0.29, 0.717) is 16.9 Å². The van der Waals surface area contributed by atoms with Crippen LogP contribution in [0.4, 0.5) is 11.4 Å². The standard InChI is InChI=1S/C23H22BrN3O5/c1-4-23(15-8-10-16(24)11-9-15)19(14(3)28)13(2)26(21(25)20(23)22(29)30)17-6-5-7-18(12-17)27(31)32/h5-12H,4,25H2,1-3H3,(H,29,30). The zero-order valence-corrected chi connectivity index (χ0v) is 19.3. The van der Waals surface area contributed by atoms with Crippen LogP contribution in [0.2, 0.25) is 0 Å². The maximum Gasteiger partial charge on any atom is 0.336 e. The number of nitrogens with zero attached hydrogens (tertiary/aromatic N) is 2. The number of hydrogen-bond donors (Lipinski definition) is 2. The van der Waals surface area contributed by atoms with Crippen LogP contribution < -0.4 is 10.6 Å². The summed E-state index contributed by atoms with van der Waals surface area (Å²) in [5, 5.41) is 21.6. The van der Waals surface area contributed by atoms with Gasteiger partial charge in [0.2, 0.25) is 0 Å². The van der Waals surface area contributed by atoms with E-state index in [1.165, 1.54) is 30.0 Å². The van der Waals surface area contributed by atoms with Crippen LogP contribution in [0.25, 0.3) is 0 Å². The van der Waals surface area contributed by atoms with Crippen LogP contribution in [0.5, 0.6) is 0 Å². The minimum Gasteiger partial charge on any atom is -0.478 e. The van der Waals surface area contributed by atoms with Crippen molar-refractivity contribution in [3.05, 3.63) is 91.3 Å². The van der Waals surface area contributed by atoms with E-state index in [-0.39, 0.29) is 34.9 Å². The molecule has 0 saturated carbocycles. The maximum absolute atomic E-state index is 13.0. The minimum atomic E-state index is -1.29. The number of non-ortho nitro benzene ring substituents is 1. The topological polar surface area (TPSA) is 127 Å². The van der Waals surface area contributed by atoms with Crippen molar-refractivity contribution in [3.8, 4) is 0 Å². The first-order valence-electron chi connectivity index (χ1n) is 9.82. The predicted molar refractivity (Wildman–Crippen MR) is 124 cm³/mol. The second-order valence-electron chi connectivity index (χ2n) is 7.46. The highest BCUT2D eigenvalue weighted by Gasteiger charge is 2.50. The molecule has 1 atom stereocenters. The molecule has 0 fully saturated rings. The number of allylic oxidation sites excluding steroid dienone is 2. The average molecular weight is 500 g/mol. The molecule has 0 spiro atoms. The number of aliphatic carboxylic acids is 1. The van der Waals surface area contributed by atoms with Crippen molar-refractivity contribution < 1.29 is 19.6 Å². The van der Waals surface area contributed by atoms with Gasteiger partial charge in [0.05, 0.1) is 21.6 Å². The van der Waals surface area contributed by atoms with Gasteiger partial charge in [-0.15, -0.1) is 0 Å². The van der Waals surface area contributed by atoms with E-state index in [1.807, 2.05) is 0 Å². The largest absolute Gasteiger partial charge is 0.478 e. The van der Waals surface area contributed by atoms with E-state index in [9.17, 15) is 24.8 Å². The van der Waals surface area contributed by atoms with E-state index in [0.717, 1.165) is 4.47 Å². The summed E-state index contributed by atoms with van der Waals surface area (Å²) in [7, 11) is 0. The lowest BCUT2D eigenvalue weighted by atomic mass is 9.63. The SMILES string of the molecule is CCC1(c2ccc(Br)cc2)C(C(C)=O)=C(C)N(c2cccc([N+](=O)[O-])c2)C(N)=C1C(=O)O. The quantitative estimate of drug-likeness (QED) is 0.437. The van der Waals surface area contributed by atoms with Gasteiger partial charge in [0.1, 0.15) is 5.82 Å². The van der Waals surface area contributed by atoms with Gasteiger partial charge >= 0.3 is 5.97 Å². The fraction of sp³-hybridized carbons (Fsp3) is 0.217. The Morgan fingerprint density at radius 3 is 2.31 bits per heavy atom. The van der Waals surface area contributed by atoms with Crippen LogP contribution >= 0.6 is 15.9 Å². The van der Waals surface area contributed by atoms with Crippen LogP contribution in [-0.4, -0.2) is 21.8 Å². The fourth-order valence-corrected chi connectivity index (χ4v) is 4.83. The summed E-state index contributed by atoms with van der Waals surface area (Å²) < 4.78 is 0.806. The summed E-state index contributed by atoms with van der Waals surface area (Å²) in [6, 6.07) is 12.8. The first-order chi connectivity index (χ1) is 15.1. The van der Waals surface area contributed by atoms with Crippen LogP contribution in [-0.2, 0) is 15.0 Å². The van der Waals surface area contributed by atoms with Crippen molar-refractivity contribution in [1.29, 1.82) is 0 Å². The molecule has 0 bridgehead atoms. The average Bonchev–Trinajstić information content (AvgIpc) is 2.73. The minimum absolute atomic E-state index is 0.0923. The third kappa shape index (κ3) is 3.58. The Kier molecular flexibility index (Phi) is 6.23. The van der Waals surface area contributed by atoms with Crippen molar-refractivity contribution in [2.45, 2.75) is 32.6 Å². The lowest BCUT2D eigenvalue weighted by Crippen LogP contribution is -2.47. The molecule has 3 rings (SSSR count). The molecule has 166 valence electrons. The van der Waals surface area contributed by atoms with E-state index in [1.54, 1.807) is 44.2 Å². The number of hydrogen-bond acceptors (Lipinski definition) is 6. The van der Waals surface area contributed by atoms with Gasteiger partial charge in [0.25, 0.3) is 5.69 Å². The third-order valence-electron chi connectivity index (χ3n) is 5.78. The molecule has 1 aliphatic heterocycles. The van der Waals surface area contributed by atoms with E-state index in [2.05, 4.69) is 15.9 Å². The smallest absolute Gasteiger partial charge is 0.336 e. The van der Waals surface area contributed by atoms with E-state index < -0.39 is 16.3 Å². The van der Waals surface area contributed by atoms with Gasteiger partial charge in [0, 0.05) is 27.9 Å². The molecule has 8 nitrogen and oxygen atoms in total. The van der Waals surface area contributed by atoms with E-state index in [4.69, 9.17) is 5.73 Å². The van der Waals surface area contributed by atoms with Gasteiger partial charge in [0.15, 0.2) is 5.78 Å². The number of nitro groups is 1. The Balaban J connectivity index is 2.42. The second-order valence-corrected chi connectivity index (χ2v) is 8.38. The number of anilines is 1. The van der Waals surface area contributed by atoms with Gasteiger partial charge in [-0.25, -0.2) is 4.79 Å². The molecule has 9 heteroatoms. The van der Waals surface area contributed by atoms with Gasteiger partial charge in [-0.05, 0) is 44.0 Å². The summed E-state index contributed by atoms with van der Waals surface area (Å²) in [4.78, 5) is 37.7. The van der Waals surface area contributed by atoms with Crippen molar-refractivity contribution >= 4 is 39.1 Å². The highest BCUT2D eigenvalue weighted by molar-refractivity contribution is 9.10. The molecule has 0 aliphatic carbocycles. The van der Waals surface area contributed by atoms with Crippen molar-refractivity contribution in [2.24, 2.45) is 5.73 Å². The molecule has 1 heterocycles. The number of Topliss-reactive ketones (excluding diaryl/α,β-unsaturated/α-hetero) is 1. The normalized spacial score (nSPS) is 18.7. The summed E-state index contributed by atoms with van der Waals surface area (Å²) in [6.45, 7) is 4.86. The Morgan fingerprint density at radius 2 is 1.81 bits per heavy atom.